The minimum absolute atomic E-state index is 0.163. The van der Waals surface area contributed by atoms with E-state index in [-0.39, 0.29) is 16.9 Å². The van der Waals surface area contributed by atoms with Crippen LogP contribution in [0.15, 0.2) is 54.6 Å². The molecule has 0 aliphatic heterocycles. The molecule has 0 bridgehead atoms. The van der Waals surface area contributed by atoms with Crippen molar-refractivity contribution in [1.29, 1.82) is 0 Å². The van der Waals surface area contributed by atoms with E-state index in [9.17, 15) is 10.2 Å². The fraction of sp³-hybridized carbons (Fsp3) is 0.250. The van der Waals surface area contributed by atoms with Gasteiger partial charge in [0.25, 0.3) is 0 Å². The van der Waals surface area contributed by atoms with Gasteiger partial charge in [-0.15, -0.1) is 0 Å². The molecular weight excluding hydrogens is 352 g/mol. The third-order valence-electron chi connectivity index (χ3n) is 4.52. The fourth-order valence-electron chi connectivity index (χ4n) is 2.99. The van der Waals surface area contributed by atoms with Crippen molar-refractivity contribution >= 4 is 0 Å². The molecule has 0 radical (unpaired) electrons. The lowest BCUT2D eigenvalue weighted by Crippen LogP contribution is -2.13. The first kappa shape index (κ1) is 19.6. The highest BCUT2D eigenvalue weighted by Gasteiger charge is 2.21. The number of phenols is 2. The molecule has 3 aromatic carbocycles. The Balaban J connectivity index is 1.96. The summed E-state index contributed by atoms with van der Waals surface area (Å²) in [5.41, 5.74) is 2.56. The van der Waals surface area contributed by atoms with Crippen LogP contribution < -0.4 is 9.47 Å². The van der Waals surface area contributed by atoms with Crippen molar-refractivity contribution in [2.45, 2.75) is 40.0 Å². The monoisotopic (exact) mass is 378 g/mol. The number of phenolic OH excluding ortho intramolecular Hbond substituents is 2. The third-order valence-corrected chi connectivity index (χ3v) is 4.52. The van der Waals surface area contributed by atoms with E-state index in [4.69, 9.17) is 9.47 Å². The Bertz CT molecular complexity index is 1000. The average molecular weight is 378 g/mol. The van der Waals surface area contributed by atoms with Crippen LogP contribution >= 0.6 is 0 Å². The largest absolute Gasteiger partial charge is 0.508 e. The zero-order chi connectivity index (χ0) is 20.5. The number of hydrogen-bond acceptors (Lipinski definition) is 4. The van der Waals surface area contributed by atoms with Crippen LogP contribution in [0.5, 0.6) is 34.5 Å². The average Bonchev–Trinajstić information content (AvgIpc) is 2.60. The molecule has 0 heterocycles. The van der Waals surface area contributed by atoms with Crippen molar-refractivity contribution < 1.29 is 19.7 Å². The van der Waals surface area contributed by atoms with E-state index in [1.807, 2.05) is 32.0 Å². The highest BCUT2D eigenvalue weighted by Crippen LogP contribution is 2.39. The normalized spacial score (nSPS) is 11.3. The van der Waals surface area contributed by atoms with Gasteiger partial charge in [-0.1, -0.05) is 20.8 Å². The topological polar surface area (TPSA) is 58.9 Å². The van der Waals surface area contributed by atoms with Crippen molar-refractivity contribution in [3.63, 3.8) is 0 Å². The van der Waals surface area contributed by atoms with Gasteiger partial charge < -0.3 is 19.7 Å². The van der Waals surface area contributed by atoms with Crippen LogP contribution in [0.4, 0.5) is 0 Å². The summed E-state index contributed by atoms with van der Waals surface area (Å²) in [6, 6.07) is 15.8. The third kappa shape index (κ3) is 4.39. The van der Waals surface area contributed by atoms with Gasteiger partial charge in [-0.3, -0.25) is 0 Å². The van der Waals surface area contributed by atoms with Crippen LogP contribution in [0.25, 0.3) is 0 Å². The highest BCUT2D eigenvalue weighted by molar-refractivity contribution is 5.50. The van der Waals surface area contributed by atoms with Crippen LogP contribution in [0, 0.1) is 13.8 Å². The summed E-state index contributed by atoms with van der Waals surface area (Å²) < 4.78 is 12.2. The second-order valence-corrected chi connectivity index (χ2v) is 8.01. The molecule has 0 saturated carbocycles. The van der Waals surface area contributed by atoms with Crippen LogP contribution in [-0.4, -0.2) is 10.2 Å². The second-order valence-electron chi connectivity index (χ2n) is 8.01. The summed E-state index contributed by atoms with van der Waals surface area (Å²) in [5, 5.41) is 19.2. The fourth-order valence-corrected chi connectivity index (χ4v) is 2.99. The van der Waals surface area contributed by atoms with Crippen molar-refractivity contribution in [3.05, 3.63) is 71.3 Å². The summed E-state index contributed by atoms with van der Waals surface area (Å²) in [5.74, 6) is 3.28. The van der Waals surface area contributed by atoms with Crippen LogP contribution in [0.3, 0.4) is 0 Å². The zero-order valence-electron chi connectivity index (χ0n) is 16.9. The molecule has 0 aliphatic carbocycles. The standard InChI is InChI=1S/C24H26O4/c1-15-12-17(25)6-9-21(15)27-19-8-11-23(20(14-19)24(3,4)5)28-22-10-7-18(26)13-16(22)2/h6-14,25-26H,1-5H3. The Kier molecular flexibility index (Phi) is 5.23. The quantitative estimate of drug-likeness (QED) is 0.537. The van der Waals surface area contributed by atoms with Crippen LogP contribution in [0.1, 0.15) is 37.5 Å². The summed E-state index contributed by atoms with van der Waals surface area (Å²) in [4.78, 5) is 0. The van der Waals surface area contributed by atoms with E-state index < -0.39 is 0 Å². The van der Waals surface area contributed by atoms with Crippen molar-refractivity contribution in [2.75, 3.05) is 0 Å². The van der Waals surface area contributed by atoms with Gasteiger partial charge in [-0.2, -0.15) is 0 Å². The predicted octanol–water partition coefficient (Wildman–Crippen LogP) is 6.60. The van der Waals surface area contributed by atoms with Crippen LogP contribution in [-0.2, 0) is 5.41 Å². The van der Waals surface area contributed by atoms with E-state index in [1.165, 1.54) is 0 Å². The number of rotatable bonds is 4. The van der Waals surface area contributed by atoms with E-state index in [0.717, 1.165) is 22.4 Å². The van der Waals surface area contributed by atoms with Crippen molar-refractivity contribution in [1.82, 2.24) is 0 Å². The maximum absolute atomic E-state index is 9.62. The van der Waals surface area contributed by atoms with E-state index >= 15 is 0 Å². The lowest BCUT2D eigenvalue weighted by Gasteiger charge is -2.24. The van der Waals surface area contributed by atoms with E-state index in [2.05, 4.69) is 20.8 Å². The first-order valence-corrected chi connectivity index (χ1v) is 9.23. The Morgan fingerprint density at radius 2 is 1.14 bits per heavy atom. The highest BCUT2D eigenvalue weighted by atomic mass is 16.5. The lowest BCUT2D eigenvalue weighted by atomic mass is 9.86. The molecule has 0 unspecified atom stereocenters. The Labute approximate surface area is 166 Å². The molecule has 146 valence electrons. The van der Waals surface area contributed by atoms with Gasteiger partial charge in [-0.05, 0) is 85.0 Å². The molecule has 0 aliphatic rings. The first-order valence-electron chi connectivity index (χ1n) is 9.23. The molecule has 0 fully saturated rings. The molecule has 0 amide bonds. The molecule has 0 saturated heterocycles. The molecule has 28 heavy (non-hydrogen) atoms. The minimum atomic E-state index is -0.163. The van der Waals surface area contributed by atoms with Gasteiger partial charge in [0.1, 0.15) is 34.5 Å². The molecule has 4 heteroatoms. The predicted molar refractivity (Wildman–Crippen MR) is 111 cm³/mol. The van der Waals surface area contributed by atoms with Gasteiger partial charge >= 0.3 is 0 Å². The number of hydrogen-bond donors (Lipinski definition) is 2. The molecule has 4 nitrogen and oxygen atoms in total. The molecule has 0 spiro atoms. The number of aryl methyl sites for hydroxylation is 2. The lowest BCUT2D eigenvalue weighted by molar-refractivity contribution is 0.438. The van der Waals surface area contributed by atoms with Gasteiger partial charge in [0.2, 0.25) is 0 Å². The summed E-state index contributed by atoms with van der Waals surface area (Å²) >= 11 is 0. The smallest absolute Gasteiger partial charge is 0.131 e. The SMILES string of the molecule is Cc1cc(O)ccc1Oc1ccc(Oc2ccc(O)cc2C)c(C(C)(C)C)c1. The van der Waals surface area contributed by atoms with Crippen molar-refractivity contribution in [3.8, 4) is 34.5 Å². The maximum Gasteiger partial charge on any atom is 0.131 e. The molecule has 0 aromatic heterocycles. The maximum atomic E-state index is 9.62. The van der Waals surface area contributed by atoms with Crippen molar-refractivity contribution in [2.24, 2.45) is 0 Å². The minimum Gasteiger partial charge on any atom is -0.508 e. The Morgan fingerprint density at radius 3 is 1.64 bits per heavy atom. The number of benzene rings is 3. The van der Waals surface area contributed by atoms with E-state index in [0.29, 0.717) is 17.2 Å². The number of aromatic hydroxyl groups is 2. The molecule has 0 atom stereocenters. The summed E-state index contributed by atoms with van der Waals surface area (Å²) in [7, 11) is 0. The Hall–Kier alpha value is -3.14. The molecule has 2 N–H and O–H groups in total. The first-order chi connectivity index (χ1) is 13.1. The second kappa shape index (κ2) is 7.47. The molecule has 3 rings (SSSR count). The van der Waals surface area contributed by atoms with Gasteiger partial charge in [0.05, 0.1) is 0 Å². The van der Waals surface area contributed by atoms with Gasteiger partial charge in [-0.25, -0.2) is 0 Å². The van der Waals surface area contributed by atoms with E-state index in [1.54, 1.807) is 36.4 Å². The molecular formula is C24H26O4. The summed E-state index contributed by atoms with van der Waals surface area (Å²) in [6.07, 6.45) is 0. The number of ether oxygens (including phenoxy) is 2. The Morgan fingerprint density at radius 1 is 0.643 bits per heavy atom. The molecule has 3 aromatic rings. The zero-order valence-corrected chi connectivity index (χ0v) is 16.9. The van der Waals surface area contributed by atoms with Crippen LogP contribution in [0.2, 0.25) is 0 Å². The van der Waals surface area contributed by atoms with Gasteiger partial charge in [0, 0.05) is 5.56 Å². The summed E-state index contributed by atoms with van der Waals surface area (Å²) in [6.45, 7) is 10.2. The van der Waals surface area contributed by atoms with Gasteiger partial charge in [0.15, 0.2) is 0 Å².